The number of anilines is 1. The van der Waals surface area contributed by atoms with E-state index in [4.69, 9.17) is 9.47 Å². The Hall–Kier alpha value is -2.42. The number of ether oxygens (including phenoxy) is 2. The number of nitrogens with one attached hydrogen (secondary N) is 1. The molecule has 2 aliphatic rings. The number of allylic oxidation sites excluding steroid dienone is 2. The van der Waals surface area contributed by atoms with Gasteiger partial charge in [-0.3, -0.25) is 0 Å². The Morgan fingerprint density at radius 3 is 2.82 bits per heavy atom. The first kappa shape index (κ1) is 18.9. The lowest BCUT2D eigenvalue weighted by Crippen LogP contribution is -2.29. The van der Waals surface area contributed by atoms with E-state index < -0.39 is 0 Å². The Kier molecular flexibility index (Phi) is 5.90. The van der Waals surface area contributed by atoms with E-state index in [-0.39, 0.29) is 0 Å². The van der Waals surface area contributed by atoms with Crippen LogP contribution in [0.4, 0.5) is 5.69 Å². The zero-order valence-electron chi connectivity index (χ0n) is 17.0. The fraction of sp³-hybridized carbons (Fsp3) is 0.440. The first-order valence-electron chi connectivity index (χ1n) is 10.6. The van der Waals surface area contributed by atoms with Gasteiger partial charge in [-0.25, -0.2) is 0 Å². The molecule has 1 aliphatic carbocycles. The van der Waals surface area contributed by atoms with Crippen LogP contribution in [0.15, 0.2) is 54.6 Å². The first-order chi connectivity index (χ1) is 13.8. The maximum absolute atomic E-state index is 6.04. The summed E-state index contributed by atoms with van der Waals surface area (Å²) in [6.07, 6.45) is 10.7. The number of hydrogen-bond acceptors (Lipinski definition) is 3. The third-order valence-electron chi connectivity index (χ3n) is 6.05. The predicted molar refractivity (Wildman–Crippen MR) is 115 cm³/mol. The molecule has 0 aromatic heterocycles. The van der Waals surface area contributed by atoms with Gasteiger partial charge < -0.3 is 14.8 Å². The minimum atomic E-state index is 0.295. The van der Waals surface area contributed by atoms with E-state index >= 15 is 0 Å². The summed E-state index contributed by atoms with van der Waals surface area (Å²) in [5, 5.41) is 3.80. The largest absolute Gasteiger partial charge is 0.497 e. The fourth-order valence-electron chi connectivity index (χ4n) is 4.55. The molecule has 0 radical (unpaired) electrons. The Balaban J connectivity index is 1.53. The molecule has 3 unspecified atom stereocenters. The molecule has 0 spiro atoms. The zero-order chi connectivity index (χ0) is 19.3. The minimum Gasteiger partial charge on any atom is -0.497 e. The second-order valence-electron chi connectivity index (χ2n) is 7.91. The van der Waals surface area contributed by atoms with Crippen molar-refractivity contribution in [2.24, 2.45) is 5.92 Å². The molecule has 2 aromatic carbocycles. The summed E-state index contributed by atoms with van der Waals surface area (Å²) in [6, 6.07) is 15.3. The van der Waals surface area contributed by atoms with Crippen molar-refractivity contribution in [3.05, 3.63) is 65.7 Å². The van der Waals surface area contributed by atoms with E-state index in [1.807, 2.05) is 6.07 Å². The van der Waals surface area contributed by atoms with Crippen molar-refractivity contribution in [3.63, 3.8) is 0 Å². The molecule has 0 bridgehead atoms. The van der Waals surface area contributed by atoms with Crippen molar-refractivity contribution in [1.29, 1.82) is 0 Å². The number of methoxy groups -OCH3 is 1. The molecule has 3 heteroatoms. The third-order valence-corrected chi connectivity index (χ3v) is 6.05. The Morgan fingerprint density at radius 2 is 1.96 bits per heavy atom. The standard InChI is InChI=1S/C25H31NO2/c1-3-4-5-6-15-28-20-13-14-24-23(17-20)21-11-8-12-22(21)25(26-24)18-9-7-10-19(16-18)27-2/h7-11,13-14,16-17,21-22,25-26H,3-6,12,15H2,1-2H3. The van der Waals surface area contributed by atoms with E-state index in [0.717, 1.165) is 30.9 Å². The van der Waals surface area contributed by atoms with E-state index in [1.165, 1.54) is 36.1 Å². The van der Waals surface area contributed by atoms with Crippen LogP contribution in [0, 0.1) is 5.92 Å². The van der Waals surface area contributed by atoms with Gasteiger partial charge in [-0.2, -0.15) is 0 Å². The summed E-state index contributed by atoms with van der Waals surface area (Å²) in [5.74, 6) is 2.88. The average Bonchev–Trinajstić information content (AvgIpc) is 3.23. The molecule has 0 saturated heterocycles. The van der Waals surface area contributed by atoms with Crippen molar-refractivity contribution < 1.29 is 9.47 Å². The molecule has 0 fully saturated rings. The summed E-state index contributed by atoms with van der Waals surface area (Å²) in [4.78, 5) is 0. The van der Waals surface area contributed by atoms with Crippen LogP contribution in [0.3, 0.4) is 0 Å². The quantitative estimate of drug-likeness (QED) is 0.422. The van der Waals surface area contributed by atoms with Crippen LogP contribution in [0.1, 0.15) is 62.1 Å². The normalized spacial score (nSPS) is 22.3. The van der Waals surface area contributed by atoms with Gasteiger partial charge in [0.05, 0.1) is 19.8 Å². The first-order valence-corrected chi connectivity index (χ1v) is 10.6. The van der Waals surface area contributed by atoms with Gasteiger partial charge in [0.1, 0.15) is 11.5 Å². The van der Waals surface area contributed by atoms with Crippen LogP contribution in [0.5, 0.6) is 11.5 Å². The molecule has 28 heavy (non-hydrogen) atoms. The van der Waals surface area contributed by atoms with Crippen molar-refractivity contribution in [3.8, 4) is 11.5 Å². The van der Waals surface area contributed by atoms with Gasteiger partial charge in [0.15, 0.2) is 0 Å². The molecule has 2 aromatic rings. The van der Waals surface area contributed by atoms with E-state index in [0.29, 0.717) is 17.9 Å². The highest BCUT2D eigenvalue weighted by Gasteiger charge is 2.38. The lowest BCUT2D eigenvalue weighted by Gasteiger charge is -2.37. The smallest absolute Gasteiger partial charge is 0.119 e. The van der Waals surface area contributed by atoms with Crippen molar-refractivity contribution >= 4 is 5.69 Å². The van der Waals surface area contributed by atoms with E-state index in [1.54, 1.807) is 7.11 Å². The van der Waals surface area contributed by atoms with E-state index in [2.05, 4.69) is 60.8 Å². The Morgan fingerprint density at radius 1 is 1.04 bits per heavy atom. The summed E-state index contributed by atoms with van der Waals surface area (Å²) in [5.41, 5.74) is 3.88. The Bertz CT molecular complexity index is 829. The molecule has 3 nitrogen and oxygen atoms in total. The van der Waals surface area contributed by atoms with Crippen molar-refractivity contribution in [2.45, 2.75) is 51.0 Å². The zero-order valence-corrected chi connectivity index (χ0v) is 17.0. The van der Waals surface area contributed by atoms with Gasteiger partial charge in [-0.15, -0.1) is 0 Å². The topological polar surface area (TPSA) is 30.5 Å². The molecular weight excluding hydrogens is 346 g/mol. The highest BCUT2D eigenvalue weighted by Crippen LogP contribution is 2.50. The van der Waals surface area contributed by atoms with Crippen LogP contribution in [-0.2, 0) is 0 Å². The maximum atomic E-state index is 6.04. The molecule has 3 atom stereocenters. The summed E-state index contributed by atoms with van der Waals surface area (Å²) >= 11 is 0. The number of unbranched alkanes of at least 4 members (excludes halogenated alkanes) is 3. The van der Waals surface area contributed by atoms with Crippen LogP contribution in [0.2, 0.25) is 0 Å². The van der Waals surface area contributed by atoms with Gasteiger partial charge in [-0.1, -0.05) is 50.5 Å². The number of benzene rings is 2. The third kappa shape index (κ3) is 3.89. The lowest BCUT2D eigenvalue weighted by molar-refractivity contribution is 0.304. The average molecular weight is 378 g/mol. The van der Waals surface area contributed by atoms with Crippen LogP contribution in [0.25, 0.3) is 0 Å². The molecule has 0 amide bonds. The molecule has 1 aliphatic heterocycles. The summed E-state index contributed by atoms with van der Waals surface area (Å²) in [7, 11) is 1.73. The van der Waals surface area contributed by atoms with Crippen molar-refractivity contribution in [1.82, 2.24) is 0 Å². The summed E-state index contributed by atoms with van der Waals surface area (Å²) in [6.45, 7) is 3.05. The molecule has 4 rings (SSSR count). The summed E-state index contributed by atoms with van der Waals surface area (Å²) < 4.78 is 11.5. The fourth-order valence-corrected chi connectivity index (χ4v) is 4.55. The predicted octanol–water partition coefficient (Wildman–Crippen LogP) is 6.48. The lowest BCUT2D eigenvalue weighted by atomic mass is 9.77. The molecule has 1 heterocycles. The molecule has 1 N–H and O–H groups in total. The van der Waals surface area contributed by atoms with Gasteiger partial charge >= 0.3 is 0 Å². The van der Waals surface area contributed by atoms with E-state index in [9.17, 15) is 0 Å². The maximum Gasteiger partial charge on any atom is 0.119 e. The molecule has 0 saturated carbocycles. The highest BCUT2D eigenvalue weighted by atomic mass is 16.5. The van der Waals surface area contributed by atoms with Gasteiger partial charge in [0, 0.05) is 11.6 Å². The monoisotopic (exact) mass is 377 g/mol. The van der Waals surface area contributed by atoms with Gasteiger partial charge in [0.25, 0.3) is 0 Å². The van der Waals surface area contributed by atoms with Crippen LogP contribution < -0.4 is 14.8 Å². The Labute approximate surface area is 168 Å². The number of fused-ring (bicyclic) bond motifs is 3. The van der Waals surface area contributed by atoms with Crippen LogP contribution in [-0.4, -0.2) is 13.7 Å². The van der Waals surface area contributed by atoms with Gasteiger partial charge in [-0.05, 0) is 60.2 Å². The number of hydrogen-bond donors (Lipinski definition) is 1. The van der Waals surface area contributed by atoms with Crippen molar-refractivity contribution in [2.75, 3.05) is 19.0 Å². The minimum absolute atomic E-state index is 0.295. The molecule has 148 valence electrons. The number of rotatable bonds is 8. The highest BCUT2D eigenvalue weighted by molar-refractivity contribution is 5.62. The second kappa shape index (κ2) is 8.72. The SMILES string of the molecule is CCCCCCOc1ccc2c(c1)C1C=CCC1C(c1cccc(OC)c1)N2. The van der Waals surface area contributed by atoms with Crippen LogP contribution >= 0.6 is 0 Å². The molecular formula is C25H31NO2. The van der Waals surface area contributed by atoms with Gasteiger partial charge in [0.2, 0.25) is 0 Å². The second-order valence-corrected chi connectivity index (χ2v) is 7.91.